The lowest BCUT2D eigenvalue weighted by Crippen LogP contribution is -2.48. The topological polar surface area (TPSA) is 77.8 Å². The molecule has 1 saturated heterocycles. The number of aliphatic hydroxyl groups excluding tert-OH is 1. The fourth-order valence-corrected chi connectivity index (χ4v) is 2.92. The lowest BCUT2D eigenvalue weighted by molar-refractivity contribution is -0.0312. The molecule has 0 radical (unpaired) electrons. The van der Waals surface area contributed by atoms with E-state index in [1.807, 2.05) is 0 Å². The highest BCUT2D eigenvalue weighted by Gasteiger charge is 2.32. The molecular weight excluding hydrogens is 306 g/mol. The summed E-state index contributed by atoms with van der Waals surface area (Å²) in [6.07, 6.45) is 2.27. The van der Waals surface area contributed by atoms with Crippen molar-refractivity contribution in [3.05, 3.63) is 29.8 Å². The standard InChI is InChI=1S/C18H25N3O3/c19-9-14-1-5-17(6-2-14)24-13-16(22)10-20-11-18-12-21(7-8-23-18)15-3-4-15/h1-2,5-6,15-16,18,20,22H,3-4,7-8,10-13H2/t16-,18-/m0/s1. The molecule has 0 bridgehead atoms. The van der Waals surface area contributed by atoms with Crippen LogP contribution in [0.25, 0.3) is 0 Å². The van der Waals surface area contributed by atoms with Crippen LogP contribution in [0.1, 0.15) is 18.4 Å². The van der Waals surface area contributed by atoms with Crippen LogP contribution in [0, 0.1) is 11.3 Å². The van der Waals surface area contributed by atoms with Crippen molar-refractivity contribution in [2.24, 2.45) is 0 Å². The van der Waals surface area contributed by atoms with E-state index in [4.69, 9.17) is 14.7 Å². The van der Waals surface area contributed by atoms with E-state index in [2.05, 4.69) is 16.3 Å². The summed E-state index contributed by atoms with van der Waals surface area (Å²) < 4.78 is 11.3. The number of hydrogen-bond acceptors (Lipinski definition) is 6. The van der Waals surface area contributed by atoms with Crippen LogP contribution in [0.4, 0.5) is 0 Å². The van der Waals surface area contributed by atoms with Gasteiger partial charge in [0.05, 0.1) is 24.3 Å². The molecule has 130 valence electrons. The second-order valence-electron chi connectivity index (χ2n) is 6.48. The zero-order chi connectivity index (χ0) is 16.8. The van der Waals surface area contributed by atoms with Crippen LogP contribution in [-0.4, -0.2) is 67.6 Å². The SMILES string of the molecule is N#Cc1ccc(OC[C@@H](O)CNC[C@H]2CN(C3CC3)CCO2)cc1. The largest absolute Gasteiger partial charge is 0.491 e. The van der Waals surface area contributed by atoms with Gasteiger partial charge in [0.2, 0.25) is 0 Å². The smallest absolute Gasteiger partial charge is 0.119 e. The predicted molar refractivity (Wildman–Crippen MR) is 89.9 cm³/mol. The molecule has 1 aliphatic carbocycles. The lowest BCUT2D eigenvalue weighted by Gasteiger charge is -2.33. The minimum atomic E-state index is -0.580. The highest BCUT2D eigenvalue weighted by Crippen LogP contribution is 2.28. The van der Waals surface area contributed by atoms with Gasteiger partial charge in [0, 0.05) is 32.2 Å². The van der Waals surface area contributed by atoms with Gasteiger partial charge in [0.25, 0.3) is 0 Å². The summed E-state index contributed by atoms with van der Waals surface area (Å²) in [6.45, 7) is 4.26. The number of hydrogen-bond donors (Lipinski definition) is 2. The maximum absolute atomic E-state index is 10.00. The van der Waals surface area contributed by atoms with Gasteiger partial charge >= 0.3 is 0 Å². The summed E-state index contributed by atoms with van der Waals surface area (Å²) in [6, 6.07) is 9.72. The van der Waals surface area contributed by atoms with E-state index in [-0.39, 0.29) is 12.7 Å². The Kier molecular flexibility index (Phi) is 6.05. The minimum absolute atomic E-state index is 0.200. The van der Waals surface area contributed by atoms with Crippen LogP contribution >= 0.6 is 0 Å². The maximum atomic E-state index is 10.00. The average molecular weight is 331 g/mol. The fourth-order valence-electron chi connectivity index (χ4n) is 2.92. The first-order valence-corrected chi connectivity index (χ1v) is 8.62. The highest BCUT2D eigenvalue weighted by molar-refractivity contribution is 5.34. The molecule has 2 fully saturated rings. The number of ether oxygens (including phenoxy) is 2. The van der Waals surface area contributed by atoms with Crippen LogP contribution < -0.4 is 10.1 Å². The van der Waals surface area contributed by atoms with Gasteiger partial charge in [-0.05, 0) is 37.1 Å². The van der Waals surface area contributed by atoms with E-state index in [0.29, 0.717) is 17.9 Å². The molecule has 2 N–H and O–H groups in total. The Bertz CT molecular complexity index is 554. The molecule has 0 amide bonds. The first-order valence-electron chi connectivity index (χ1n) is 8.62. The van der Waals surface area contributed by atoms with Gasteiger partial charge in [-0.15, -0.1) is 0 Å². The second kappa shape index (κ2) is 8.45. The van der Waals surface area contributed by atoms with E-state index >= 15 is 0 Å². The number of morpholine rings is 1. The molecule has 1 aliphatic heterocycles. The summed E-state index contributed by atoms with van der Waals surface area (Å²) in [7, 11) is 0. The Hall–Kier alpha value is -1.65. The van der Waals surface area contributed by atoms with Gasteiger partial charge in [-0.1, -0.05) is 0 Å². The lowest BCUT2D eigenvalue weighted by atomic mass is 10.2. The molecule has 1 heterocycles. The predicted octanol–water partition coefficient (Wildman–Crippen LogP) is 0.751. The molecule has 6 heteroatoms. The number of nitrogens with one attached hydrogen (secondary N) is 1. The normalized spacial score (nSPS) is 22.8. The average Bonchev–Trinajstić information content (AvgIpc) is 3.46. The number of aliphatic hydroxyl groups is 1. The Balaban J connectivity index is 1.30. The third-order valence-electron chi connectivity index (χ3n) is 4.41. The molecule has 0 aromatic heterocycles. The van der Waals surface area contributed by atoms with E-state index < -0.39 is 6.10 Å². The number of benzene rings is 1. The van der Waals surface area contributed by atoms with Crippen LogP contribution in [0.5, 0.6) is 5.75 Å². The van der Waals surface area contributed by atoms with Gasteiger partial charge in [-0.25, -0.2) is 0 Å². The van der Waals surface area contributed by atoms with Gasteiger partial charge < -0.3 is 19.9 Å². The van der Waals surface area contributed by atoms with Crippen molar-refractivity contribution >= 4 is 0 Å². The van der Waals surface area contributed by atoms with E-state index in [9.17, 15) is 5.11 Å². The van der Waals surface area contributed by atoms with Crippen molar-refractivity contribution in [2.45, 2.75) is 31.1 Å². The summed E-state index contributed by atoms with van der Waals surface area (Å²) in [5.74, 6) is 0.656. The van der Waals surface area contributed by atoms with Crippen molar-refractivity contribution in [3.63, 3.8) is 0 Å². The molecule has 1 saturated carbocycles. The minimum Gasteiger partial charge on any atom is -0.491 e. The van der Waals surface area contributed by atoms with Crippen LogP contribution in [0.3, 0.4) is 0 Å². The second-order valence-corrected chi connectivity index (χ2v) is 6.48. The first kappa shape index (κ1) is 17.2. The third kappa shape index (κ3) is 5.18. The van der Waals surface area contributed by atoms with Crippen molar-refractivity contribution in [1.82, 2.24) is 10.2 Å². The molecule has 1 aromatic rings. The van der Waals surface area contributed by atoms with E-state index in [1.54, 1.807) is 24.3 Å². The molecule has 2 atom stereocenters. The van der Waals surface area contributed by atoms with Crippen LogP contribution in [-0.2, 0) is 4.74 Å². The molecule has 0 spiro atoms. The Morgan fingerprint density at radius 2 is 2.17 bits per heavy atom. The highest BCUT2D eigenvalue weighted by atomic mass is 16.5. The molecule has 3 rings (SSSR count). The summed E-state index contributed by atoms with van der Waals surface area (Å²) in [4.78, 5) is 2.51. The van der Waals surface area contributed by atoms with Crippen molar-refractivity contribution in [1.29, 1.82) is 5.26 Å². The van der Waals surface area contributed by atoms with Gasteiger partial charge in [0.15, 0.2) is 0 Å². The molecule has 0 unspecified atom stereocenters. The molecular formula is C18H25N3O3. The summed E-state index contributed by atoms with van der Waals surface area (Å²) in [5, 5.41) is 22.0. The van der Waals surface area contributed by atoms with Crippen molar-refractivity contribution < 1.29 is 14.6 Å². The Labute approximate surface area is 143 Å². The molecule has 2 aliphatic rings. The van der Waals surface area contributed by atoms with Crippen molar-refractivity contribution in [2.75, 3.05) is 39.4 Å². The molecule has 1 aromatic carbocycles. The number of rotatable bonds is 8. The number of nitriles is 1. The quantitative estimate of drug-likeness (QED) is 0.732. The summed E-state index contributed by atoms with van der Waals surface area (Å²) in [5.41, 5.74) is 0.595. The molecule has 6 nitrogen and oxygen atoms in total. The molecule has 24 heavy (non-hydrogen) atoms. The van der Waals surface area contributed by atoms with Crippen LogP contribution in [0.2, 0.25) is 0 Å². The summed E-state index contributed by atoms with van der Waals surface area (Å²) >= 11 is 0. The first-order chi connectivity index (χ1) is 11.7. The fraction of sp³-hybridized carbons (Fsp3) is 0.611. The van der Waals surface area contributed by atoms with Gasteiger partial charge in [-0.2, -0.15) is 5.26 Å². The Morgan fingerprint density at radius 3 is 2.88 bits per heavy atom. The van der Waals surface area contributed by atoms with Crippen molar-refractivity contribution in [3.8, 4) is 11.8 Å². The van der Waals surface area contributed by atoms with E-state index in [0.717, 1.165) is 32.3 Å². The van der Waals surface area contributed by atoms with E-state index in [1.165, 1.54) is 12.8 Å². The monoisotopic (exact) mass is 331 g/mol. The third-order valence-corrected chi connectivity index (χ3v) is 4.41. The maximum Gasteiger partial charge on any atom is 0.119 e. The van der Waals surface area contributed by atoms with Gasteiger partial charge in [-0.3, -0.25) is 4.90 Å². The number of nitrogens with zero attached hydrogens (tertiary/aromatic N) is 2. The zero-order valence-electron chi connectivity index (χ0n) is 13.9. The zero-order valence-corrected chi connectivity index (χ0v) is 13.9. The van der Waals surface area contributed by atoms with Gasteiger partial charge in [0.1, 0.15) is 18.5 Å². The Morgan fingerprint density at radius 1 is 1.38 bits per heavy atom. The van der Waals surface area contributed by atoms with Crippen LogP contribution in [0.15, 0.2) is 24.3 Å².